The van der Waals surface area contributed by atoms with Crippen molar-refractivity contribution in [3.8, 4) is 0 Å². The van der Waals surface area contributed by atoms with E-state index in [4.69, 9.17) is 5.11 Å². The highest BCUT2D eigenvalue weighted by molar-refractivity contribution is 5.81. The first-order valence-electron chi connectivity index (χ1n) is 6.87. The molecule has 1 aromatic heterocycles. The number of hydrogen-bond acceptors (Lipinski definition) is 3. The number of carboxylic acid groups (broad SMARTS) is 1. The number of amides is 1. The molecule has 1 atom stereocenters. The number of aromatic nitrogens is 2. The third kappa shape index (κ3) is 4.36. The van der Waals surface area contributed by atoms with Gasteiger partial charge in [-0.3, -0.25) is 14.3 Å². The molecule has 6 nitrogen and oxygen atoms in total. The molecule has 6 heteroatoms. The standard InChI is InChI=1S/C14H23N3O3/c1-5-11(3)16(9-14(19)20)13(18)6-7-17-12(4)8-10(2)15-17/h8,11H,5-7,9H2,1-4H3,(H,19,20). The number of rotatable bonds is 7. The number of nitrogens with zero attached hydrogens (tertiary/aromatic N) is 3. The van der Waals surface area contributed by atoms with Crippen molar-refractivity contribution in [2.75, 3.05) is 6.54 Å². The Bertz CT molecular complexity index is 482. The van der Waals surface area contributed by atoms with Crippen molar-refractivity contribution >= 4 is 11.9 Å². The normalized spacial score (nSPS) is 12.2. The molecule has 0 spiro atoms. The molecule has 0 saturated heterocycles. The van der Waals surface area contributed by atoms with Crippen LogP contribution >= 0.6 is 0 Å². The van der Waals surface area contributed by atoms with Gasteiger partial charge in [0.1, 0.15) is 6.54 Å². The molecule has 0 bridgehead atoms. The van der Waals surface area contributed by atoms with E-state index in [-0.39, 0.29) is 24.9 Å². The molecule has 0 saturated carbocycles. The van der Waals surface area contributed by atoms with Gasteiger partial charge in [0, 0.05) is 24.7 Å². The van der Waals surface area contributed by atoms with E-state index in [1.807, 2.05) is 33.8 Å². The van der Waals surface area contributed by atoms with Crippen LogP contribution in [0.1, 0.15) is 38.1 Å². The summed E-state index contributed by atoms with van der Waals surface area (Å²) >= 11 is 0. The van der Waals surface area contributed by atoms with Crippen LogP contribution in [0.5, 0.6) is 0 Å². The van der Waals surface area contributed by atoms with E-state index in [1.54, 1.807) is 4.68 Å². The summed E-state index contributed by atoms with van der Waals surface area (Å²) < 4.78 is 1.78. The summed E-state index contributed by atoms with van der Waals surface area (Å²) in [4.78, 5) is 24.5. The highest BCUT2D eigenvalue weighted by atomic mass is 16.4. The Morgan fingerprint density at radius 2 is 2.10 bits per heavy atom. The van der Waals surface area contributed by atoms with Crippen molar-refractivity contribution in [3.05, 3.63) is 17.5 Å². The minimum atomic E-state index is -0.982. The lowest BCUT2D eigenvalue weighted by Gasteiger charge is -2.27. The molecule has 0 aliphatic carbocycles. The second kappa shape index (κ2) is 7.07. The lowest BCUT2D eigenvalue weighted by molar-refractivity contribution is -0.146. The van der Waals surface area contributed by atoms with Crippen molar-refractivity contribution in [1.82, 2.24) is 14.7 Å². The van der Waals surface area contributed by atoms with Crippen LogP contribution in [-0.4, -0.2) is 44.3 Å². The summed E-state index contributed by atoms with van der Waals surface area (Å²) in [7, 11) is 0. The Morgan fingerprint density at radius 3 is 2.55 bits per heavy atom. The highest BCUT2D eigenvalue weighted by Crippen LogP contribution is 2.08. The molecule has 1 unspecified atom stereocenters. The first-order valence-corrected chi connectivity index (χ1v) is 6.87. The minimum absolute atomic E-state index is 0.0703. The SMILES string of the molecule is CCC(C)N(CC(=O)O)C(=O)CCn1nc(C)cc1C. The molecule has 20 heavy (non-hydrogen) atoms. The fourth-order valence-electron chi connectivity index (χ4n) is 2.10. The van der Waals surface area contributed by atoms with Crippen LogP contribution in [0.3, 0.4) is 0 Å². The van der Waals surface area contributed by atoms with Gasteiger partial charge in [0.05, 0.1) is 5.69 Å². The largest absolute Gasteiger partial charge is 0.480 e. The Morgan fingerprint density at radius 1 is 1.45 bits per heavy atom. The van der Waals surface area contributed by atoms with Gasteiger partial charge >= 0.3 is 5.97 Å². The van der Waals surface area contributed by atoms with Crippen molar-refractivity contribution in [2.24, 2.45) is 0 Å². The van der Waals surface area contributed by atoms with Crippen LogP contribution in [-0.2, 0) is 16.1 Å². The van der Waals surface area contributed by atoms with E-state index in [0.29, 0.717) is 6.54 Å². The van der Waals surface area contributed by atoms with E-state index in [9.17, 15) is 9.59 Å². The summed E-state index contributed by atoms with van der Waals surface area (Å²) in [5.74, 6) is -1.13. The number of carboxylic acids is 1. The molecular weight excluding hydrogens is 258 g/mol. The predicted molar refractivity (Wildman–Crippen MR) is 75.4 cm³/mol. The average molecular weight is 281 g/mol. The number of carbonyl (C=O) groups excluding carboxylic acids is 1. The molecule has 112 valence electrons. The van der Waals surface area contributed by atoms with Gasteiger partial charge in [-0.15, -0.1) is 0 Å². The first-order chi connectivity index (χ1) is 9.35. The zero-order valence-corrected chi connectivity index (χ0v) is 12.6. The van der Waals surface area contributed by atoms with E-state index >= 15 is 0 Å². The maximum atomic E-state index is 12.2. The third-order valence-electron chi connectivity index (χ3n) is 3.39. The van der Waals surface area contributed by atoms with Gasteiger partial charge in [0.2, 0.25) is 5.91 Å². The molecule has 0 aromatic carbocycles. The van der Waals surface area contributed by atoms with Crippen molar-refractivity contribution in [1.29, 1.82) is 0 Å². The number of carbonyl (C=O) groups is 2. The topological polar surface area (TPSA) is 75.4 Å². The number of aliphatic carboxylic acids is 1. The van der Waals surface area contributed by atoms with Gasteiger partial charge in [-0.1, -0.05) is 6.92 Å². The molecule has 0 radical (unpaired) electrons. The molecule has 1 heterocycles. The van der Waals surface area contributed by atoms with E-state index in [0.717, 1.165) is 17.8 Å². The van der Waals surface area contributed by atoms with Crippen LogP contribution in [0.25, 0.3) is 0 Å². The van der Waals surface area contributed by atoms with Gasteiger partial charge in [-0.05, 0) is 33.3 Å². The molecular formula is C14H23N3O3. The Balaban J connectivity index is 2.66. The second-order valence-electron chi connectivity index (χ2n) is 5.07. The quantitative estimate of drug-likeness (QED) is 0.823. The summed E-state index contributed by atoms with van der Waals surface area (Å²) in [6.45, 7) is 7.88. The van der Waals surface area contributed by atoms with Crippen LogP contribution < -0.4 is 0 Å². The van der Waals surface area contributed by atoms with E-state index in [1.165, 1.54) is 4.90 Å². The third-order valence-corrected chi connectivity index (χ3v) is 3.39. The van der Waals surface area contributed by atoms with Crippen molar-refractivity contribution in [3.63, 3.8) is 0 Å². The summed E-state index contributed by atoms with van der Waals surface area (Å²) in [6, 6.07) is 1.88. The molecule has 1 aromatic rings. The van der Waals surface area contributed by atoms with E-state index in [2.05, 4.69) is 5.10 Å². The van der Waals surface area contributed by atoms with E-state index < -0.39 is 5.97 Å². The zero-order valence-electron chi connectivity index (χ0n) is 12.6. The molecule has 1 amide bonds. The summed E-state index contributed by atoms with van der Waals surface area (Å²) in [5.41, 5.74) is 1.92. The molecule has 0 aliphatic rings. The molecule has 0 fully saturated rings. The second-order valence-corrected chi connectivity index (χ2v) is 5.07. The van der Waals surface area contributed by atoms with Gasteiger partial charge < -0.3 is 10.0 Å². The van der Waals surface area contributed by atoms with Crippen LogP contribution in [0.15, 0.2) is 6.07 Å². The van der Waals surface area contributed by atoms with Crippen LogP contribution in [0, 0.1) is 13.8 Å². The monoisotopic (exact) mass is 281 g/mol. The van der Waals surface area contributed by atoms with Crippen molar-refractivity contribution < 1.29 is 14.7 Å². The molecule has 1 rings (SSSR count). The maximum absolute atomic E-state index is 12.2. The fraction of sp³-hybridized carbons (Fsp3) is 0.643. The Labute approximate surface area is 119 Å². The molecule has 0 aliphatic heterocycles. The zero-order chi connectivity index (χ0) is 15.3. The highest BCUT2D eigenvalue weighted by Gasteiger charge is 2.21. The van der Waals surface area contributed by atoms with Crippen LogP contribution in [0.2, 0.25) is 0 Å². The van der Waals surface area contributed by atoms with Crippen LogP contribution in [0.4, 0.5) is 0 Å². The first kappa shape index (κ1) is 16.2. The van der Waals surface area contributed by atoms with Gasteiger partial charge in [-0.25, -0.2) is 0 Å². The Hall–Kier alpha value is -1.85. The lowest BCUT2D eigenvalue weighted by Crippen LogP contribution is -2.42. The van der Waals surface area contributed by atoms with Crippen molar-refractivity contribution in [2.45, 2.75) is 53.1 Å². The summed E-state index contributed by atoms with van der Waals surface area (Å²) in [5, 5.41) is 13.2. The average Bonchev–Trinajstić information content (AvgIpc) is 2.70. The minimum Gasteiger partial charge on any atom is -0.480 e. The predicted octanol–water partition coefficient (Wildman–Crippen LogP) is 1.60. The van der Waals surface area contributed by atoms with Gasteiger partial charge in [0.25, 0.3) is 0 Å². The van der Waals surface area contributed by atoms with Gasteiger partial charge in [0.15, 0.2) is 0 Å². The Kier molecular flexibility index (Phi) is 5.73. The smallest absolute Gasteiger partial charge is 0.323 e. The molecule has 1 N–H and O–H groups in total. The lowest BCUT2D eigenvalue weighted by atomic mass is 10.2. The maximum Gasteiger partial charge on any atom is 0.323 e. The number of aryl methyl sites for hydroxylation is 3. The van der Waals surface area contributed by atoms with Gasteiger partial charge in [-0.2, -0.15) is 5.10 Å². The summed E-state index contributed by atoms with van der Waals surface area (Å²) in [6.07, 6.45) is 0.999. The number of hydrogen-bond donors (Lipinski definition) is 1. The fourth-order valence-corrected chi connectivity index (χ4v) is 2.10.